The molecule has 0 fully saturated rings. The van der Waals surface area contributed by atoms with E-state index in [1.807, 2.05) is 18.0 Å². The Bertz CT molecular complexity index is 357. The van der Waals surface area contributed by atoms with Gasteiger partial charge in [0.2, 0.25) is 0 Å². The van der Waals surface area contributed by atoms with Crippen molar-refractivity contribution < 1.29 is 5.11 Å². The third-order valence-corrected chi connectivity index (χ3v) is 2.13. The molecule has 2 nitrogen and oxygen atoms in total. The molecule has 0 unspecified atom stereocenters. The van der Waals surface area contributed by atoms with Gasteiger partial charge in [-0.15, -0.1) is 6.42 Å². The van der Waals surface area contributed by atoms with Crippen molar-refractivity contribution in [2.45, 2.75) is 6.54 Å². The number of nitrogens with zero attached hydrogens (tertiary/aromatic N) is 1. The molecule has 0 saturated heterocycles. The van der Waals surface area contributed by atoms with Crippen molar-refractivity contribution in [1.82, 2.24) is 4.90 Å². The highest BCUT2D eigenvalue weighted by molar-refractivity contribution is 6.32. The van der Waals surface area contributed by atoms with Gasteiger partial charge in [0, 0.05) is 6.54 Å². The van der Waals surface area contributed by atoms with Gasteiger partial charge >= 0.3 is 0 Å². The van der Waals surface area contributed by atoms with Crippen LogP contribution in [0.5, 0.6) is 5.75 Å². The smallest absolute Gasteiger partial charge is 0.134 e. The first-order valence-electron chi connectivity index (χ1n) is 4.23. The number of benzene rings is 1. The third-order valence-electron chi connectivity index (χ3n) is 1.83. The molecule has 0 saturated carbocycles. The van der Waals surface area contributed by atoms with Gasteiger partial charge in [0.05, 0.1) is 11.6 Å². The zero-order valence-electron chi connectivity index (χ0n) is 8.00. The normalized spacial score (nSPS) is 10.1. The van der Waals surface area contributed by atoms with E-state index >= 15 is 0 Å². The second kappa shape index (κ2) is 4.90. The molecular weight excluding hydrogens is 198 g/mol. The van der Waals surface area contributed by atoms with Crippen molar-refractivity contribution in [2.75, 3.05) is 13.6 Å². The van der Waals surface area contributed by atoms with Crippen molar-refractivity contribution in [3.05, 3.63) is 28.8 Å². The molecule has 3 heteroatoms. The second-order valence-electron chi connectivity index (χ2n) is 3.16. The Labute approximate surface area is 89.1 Å². The number of phenols is 1. The molecule has 0 heterocycles. The summed E-state index contributed by atoms with van der Waals surface area (Å²) in [5, 5.41) is 9.58. The fourth-order valence-corrected chi connectivity index (χ4v) is 1.38. The van der Waals surface area contributed by atoms with E-state index in [0.717, 1.165) is 12.1 Å². The first kappa shape index (κ1) is 10.9. The highest BCUT2D eigenvalue weighted by Crippen LogP contribution is 2.23. The van der Waals surface area contributed by atoms with Gasteiger partial charge < -0.3 is 5.11 Å². The van der Waals surface area contributed by atoms with Crippen LogP contribution in [0.1, 0.15) is 5.56 Å². The zero-order chi connectivity index (χ0) is 10.6. The minimum absolute atomic E-state index is 0.106. The topological polar surface area (TPSA) is 23.5 Å². The summed E-state index contributed by atoms with van der Waals surface area (Å²) in [4.78, 5) is 1.99. The van der Waals surface area contributed by atoms with Crippen molar-refractivity contribution in [1.29, 1.82) is 0 Å². The molecule has 0 aliphatic heterocycles. The Balaban J connectivity index is 2.69. The average Bonchev–Trinajstić information content (AvgIpc) is 2.12. The molecule has 0 aliphatic carbocycles. The maximum absolute atomic E-state index is 9.20. The minimum atomic E-state index is 0.106. The fraction of sp³-hybridized carbons (Fsp3) is 0.273. The van der Waals surface area contributed by atoms with Crippen LogP contribution in [0.25, 0.3) is 0 Å². The van der Waals surface area contributed by atoms with Crippen LogP contribution in [0.4, 0.5) is 0 Å². The summed E-state index contributed by atoms with van der Waals surface area (Å²) in [6.07, 6.45) is 5.18. The van der Waals surface area contributed by atoms with Crippen LogP contribution in [-0.2, 0) is 6.54 Å². The molecule has 1 aromatic rings. The Hall–Kier alpha value is -1.17. The molecule has 0 aromatic heterocycles. The largest absolute Gasteiger partial charge is 0.506 e. The monoisotopic (exact) mass is 209 g/mol. The van der Waals surface area contributed by atoms with Crippen LogP contribution >= 0.6 is 11.6 Å². The lowest BCUT2D eigenvalue weighted by Crippen LogP contribution is -2.17. The maximum atomic E-state index is 9.20. The third kappa shape index (κ3) is 2.95. The number of hydrogen-bond acceptors (Lipinski definition) is 2. The first-order valence-corrected chi connectivity index (χ1v) is 4.60. The Morgan fingerprint density at radius 1 is 1.57 bits per heavy atom. The van der Waals surface area contributed by atoms with Crippen LogP contribution in [0.3, 0.4) is 0 Å². The quantitative estimate of drug-likeness (QED) is 0.771. The van der Waals surface area contributed by atoms with Gasteiger partial charge in [-0.1, -0.05) is 23.6 Å². The minimum Gasteiger partial charge on any atom is -0.506 e. The molecule has 0 bridgehead atoms. The molecule has 1 aromatic carbocycles. The first-order chi connectivity index (χ1) is 6.63. The number of terminal acetylenes is 1. The molecular formula is C11H12ClNO. The van der Waals surface area contributed by atoms with Gasteiger partial charge in [0.25, 0.3) is 0 Å². The van der Waals surface area contributed by atoms with Crippen molar-refractivity contribution in [3.63, 3.8) is 0 Å². The number of aromatic hydroxyl groups is 1. The highest BCUT2D eigenvalue weighted by atomic mass is 35.5. The van der Waals surface area contributed by atoms with Crippen LogP contribution in [0.2, 0.25) is 5.02 Å². The zero-order valence-corrected chi connectivity index (χ0v) is 8.75. The number of halogens is 1. The molecule has 0 radical (unpaired) electrons. The Morgan fingerprint density at radius 3 is 2.86 bits per heavy atom. The number of phenolic OH excluding ortho intramolecular Hbond substituents is 1. The summed E-state index contributed by atoms with van der Waals surface area (Å²) in [6.45, 7) is 1.32. The van der Waals surface area contributed by atoms with Crippen LogP contribution in [0, 0.1) is 12.3 Å². The predicted molar refractivity (Wildman–Crippen MR) is 58.3 cm³/mol. The lowest BCUT2D eigenvalue weighted by atomic mass is 10.2. The van der Waals surface area contributed by atoms with E-state index in [2.05, 4.69) is 5.92 Å². The van der Waals surface area contributed by atoms with Gasteiger partial charge in [0.15, 0.2) is 0 Å². The SMILES string of the molecule is C#CCN(C)Cc1ccc(O)c(Cl)c1. The summed E-state index contributed by atoms with van der Waals surface area (Å²) < 4.78 is 0. The summed E-state index contributed by atoms with van der Waals surface area (Å²) in [6, 6.07) is 5.15. The van der Waals surface area contributed by atoms with Crippen LogP contribution < -0.4 is 0 Å². The lowest BCUT2D eigenvalue weighted by Gasteiger charge is -2.13. The van der Waals surface area contributed by atoms with E-state index in [1.54, 1.807) is 12.1 Å². The summed E-state index contributed by atoms with van der Waals surface area (Å²) >= 11 is 5.77. The van der Waals surface area contributed by atoms with Crippen molar-refractivity contribution in [2.24, 2.45) is 0 Å². The average molecular weight is 210 g/mol. The van der Waals surface area contributed by atoms with E-state index < -0.39 is 0 Å². The number of rotatable bonds is 3. The molecule has 74 valence electrons. The Morgan fingerprint density at radius 2 is 2.29 bits per heavy atom. The van der Waals surface area contributed by atoms with Crippen molar-refractivity contribution in [3.8, 4) is 18.1 Å². The maximum Gasteiger partial charge on any atom is 0.134 e. The molecule has 0 amide bonds. The molecule has 1 N–H and O–H groups in total. The van der Waals surface area contributed by atoms with Gasteiger partial charge in [0.1, 0.15) is 5.75 Å². The second-order valence-corrected chi connectivity index (χ2v) is 3.57. The van der Waals surface area contributed by atoms with Crippen molar-refractivity contribution >= 4 is 11.6 Å². The van der Waals surface area contributed by atoms with Gasteiger partial charge in [-0.3, -0.25) is 4.90 Å². The van der Waals surface area contributed by atoms with Gasteiger partial charge in [-0.2, -0.15) is 0 Å². The molecule has 0 spiro atoms. The molecule has 1 rings (SSSR count). The molecule has 0 atom stereocenters. The van der Waals surface area contributed by atoms with Crippen LogP contribution in [-0.4, -0.2) is 23.6 Å². The van der Waals surface area contributed by atoms with E-state index in [-0.39, 0.29) is 5.75 Å². The molecule has 14 heavy (non-hydrogen) atoms. The lowest BCUT2D eigenvalue weighted by molar-refractivity contribution is 0.369. The van der Waals surface area contributed by atoms with E-state index in [1.165, 1.54) is 0 Å². The highest BCUT2D eigenvalue weighted by Gasteiger charge is 2.02. The number of hydrogen-bond donors (Lipinski definition) is 1. The predicted octanol–water partition coefficient (Wildman–Crippen LogP) is 2.11. The van der Waals surface area contributed by atoms with Gasteiger partial charge in [-0.25, -0.2) is 0 Å². The fourth-order valence-electron chi connectivity index (χ4n) is 1.17. The van der Waals surface area contributed by atoms with Crippen LogP contribution in [0.15, 0.2) is 18.2 Å². The van der Waals surface area contributed by atoms with E-state index in [4.69, 9.17) is 18.0 Å². The summed E-state index contributed by atoms with van der Waals surface area (Å²) in [5.41, 5.74) is 1.03. The summed E-state index contributed by atoms with van der Waals surface area (Å²) in [5.74, 6) is 2.66. The standard InChI is InChI=1S/C11H12ClNO/c1-3-6-13(2)8-9-4-5-11(14)10(12)7-9/h1,4-5,7,14H,6,8H2,2H3. The Kier molecular flexibility index (Phi) is 3.82. The molecule has 0 aliphatic rings. The van der Waals surface area contributed by atoms with E-state index in [9.17, 15) is 5.11 Å². The summed E-state index contributed by atoms with van der Waals surface area (Å²) in [7, 11) is 1.93. The van der Waals surface area contributed by atoms with Gasteiger partial charge in [-0.05, 0) is 24.7 Å². The van der Waals surface area contributed by atoms with E-state index in [0.29, 0.717) is 11.6 Å².